The van der Waals surface area contributed by atoms with Gasteiger partial charge >= 0.3 is 0 Å². The van der Waals surface area contributed by atoms with Gasteiger partial charge in [0.2, 0.25) is 0 Å². The Kier molecular flexibility index (Phi) is 2.31. The molecule has 1 nitrogen and oxygen atoms in total. The molecule has 0 aromatic heterocycles. The van der Waals surface area contributed by atoms with E-state index < -0.39 is 0 Å². The Bertz CT molecular complexity index is 305. The summed E-state index contributed by atoms with van der Waals surface area (Å²) < 4.78 is 0. The lowest BCUT2D eigenvalue weighted by molar-refractivity contribution is 0.549. The van der Waals surface area contributed by atoms with E-state index in [0.717, 1.165) is 11.4 Å². The van der Waals surface area contributed by atoms with Gasteiger partial charge in [0.1, 0.15) is 0 Å². The molecule has 0 atom stereocenters. The molecule has 1 saturated carbocycles. The average Bonchev–Trinajstić information content (AvgIpc) is 2.90. The molecule has 1 aromatic carbocycles. The fraction of sp³-hybridized carbons (Fsp3) is 0.455. The number of rotatable bonds is 3. The van der Waals surface area contributed by atoms with E-state index in [-0.39, 0.29) is 0 Å². The first-order valence-electron chi connectivity index (χ1n) is 4.68. The number of likely N-dealkylation sites (N-methyl/N-ethyl adjacent to an activating group) is 1. The van der Waals surface area contributed by atoms with Crippen LogP contribution in [0.1, 0.15) is 18.4 Å². The van der Waals surface area contributed by atoms with Crippen molar-refractivity contribution in [3.05, 3.63) is 34.9 Å². The summed E-state index contributed by atoms with van der Waals surface area (Å²) in [4.78, 5) is 0. The second-order valence-corrected chi connectivity index (χ2v) is 4.21. The molecule has 0 radical (unpaired) electrons. The molecule has 0 unspecified atom stereocenters. The van der Waals surface area contributed by atoms with Gasteiger partial charge in [-0.3, -0.25) is 0 Å². The van der Waals surface area contributed by atoms with E-state index in [0.29, 0.717) is 5.54 Å². The van der Waals surface area contributed by atoms with E-state index in [1.807, 2.05) is 25.2 Å². The first kappa shape index (κ1) is 9.04. The van der Waals surface area contributed by atoms with E-state index in [4.69, 9.17) is 11.6 Å². The van der Waals surface area contributed by atoms with Gasteiger partial charge in [0.15, 0.2) is 0 Å². The molecule has 0 saturated heterocycles. The summed E-state index contributed by atoms with van der Waals surface area (Å²) in [5, 5.41) is 4.26. The molecule has 0 spiro atoms. The largest absolute Gasteiger partial charge is 0.314 e. The van der Waals surface area contributed by atoms with Gasteiger partial charge in [-0.15, -0.1) is 0 Å². The Hall–Kier alpha value is -0.530. The molecule has 1 aliphatic carbocycles. The number of halogens is 1. The average molecular weight is 196 g/mol. The van der Waals surface area contributed by atoms with Crippen LogP contribution in [0.3, 0.4) is 0 Å². The van der Waals surface area contributed by atoms with E-state index in [9.17, 15) is 0 Å². The molecule has 1 N–H and O–H groups in total. The number of hydrogen-bond donors (Lipinski definition) is 1. The van der Waals surface area contributed by atoms with Crippen molar-refractivity contribution in [3.8, 4) is 0 Å². The van der Waals surface area contributed by atoms with Crippen LogP contribution in [0.4, 0.5) is 0 Å². The quantitative estimate of drug-likeness (QED) is 0.782. The molecule has 70 valence electrons. The highest BCUT2D eigenvalue weighted by Gasteiger charge is 2.40. The third kappa shape index (κ3) is 1.87. The van der Waals surface area contributed by atoms with Crippen molar-refractivity contribution in [3.63, 3.8) is 0 Å². The Balaban J connectivity index is 2.14. The number of nitrogens with one attached hydrogen (secondary N) is 1. The lowest BCUT2D eigenvalue weighted by Crippen LogP contribution is -2.29. The highest BCUT2D eigenvalue weighted by Crippen LogP contribution is 2.39. The van der Waals surface area contributed by atoms with E-state index >= 15 is 0 Å². The van der Waals surface area contributed by atoms with Gasteiger partial charge in [-0.25, -0.2) is 0 Å². The third-order valence-electron chi connectivity index (χ3n) is 2.87. The summed E-state index contributed by atoms with van der Waals surface area (Å²) in [5.41, 5.74) is 1.61. The fourth-order valence-electron chi connectivity index (χ4n) is 1.67. The highest BCUT2D eigenvalue weighted by atomic mass is 35.5. The predicted octanol–water partition coefficient (Wildman–Crippen LogP) is 2.63. The van der Waals surface area contributed by atoms with Gasteiger partial charge < -0.3 is 5.32 Å². The maximum absolute atomic E-state index is 6.09. The molecule has 0 amide bonds. The normalized spacial score (nSPS) is 18.6. The molecule has 1 fully saturated rings. The van der Waals surface area contributed by atoms with Crippen molar-refractivity contribution in [1.29, 1.82) is 0 Å². The zero-order valence-electron chi connectivity index (χ0n) is 7.81. The van der Waals surface area contributed by atoms with E-state index in [1.165, 1.54) is 18.4 Å². The van der Waals surface area contributed by atoms with Crippen LogP contribution in [-0.4, -0.2) is 12.6 Å². The lowest BCUT2D eigenvalue weighted by atomic mass is 10.0. The third-order valence-corrected chi connectivity index (χ3v) is 3.24. The molecular formula is C11H14ClN. The van der Waals surface area contributed by atoms with Gasteiger partial charge in [0.25, 0.3) is 0 Å². The van der Waals surface area contributed by atoms with Crippen LogP contribution in [0.2, 0.25) is 5.02 Å². The van der Waals surface area contributed by atoms with Crippen LogP contribution >= 0.6 is 11.6 Å². The summed E-state index contributed by atoms with van der Waals surface area (Å²) >= 11 is 6.09. The van der Waals surface area contributed by atoms with Crippen LogP contribution in [0, 0.1) is 0 Å². The van der Waals surface area contributed by atoms with Crippen molar-refractivity contribution >= 4 is 11.6 Å². The Labute approximate surface area is 84.1 Å². The van der Waals surface area contributed by atoms with Crippen molar-refractivity contribution in [2.24, 2.45) is 0 Å². The molecule has 2 heteroatoms. The molecule has 1 aliphatic rings. The molecule has 2 rings (SSSR count). The Morgan fingerprint density at radius 3 is 2.62 bits per heavy atom. The Morgan fingerprint density at radius 2 is 2.08 bits per heavy atom. The van der Waals surface area contributed by atoms with Crippen molar-refractivity contribution in [2.75, 3.05) is 7.05 Å². The van der Waals surface area contributed by atoms with Crippen molar-refractivity contribution in [1.82, 2.24) is 5.32 Å². The SMILES string of the molecule is CNC1(Cc2ccccc2Cl)CC1. The molecule has 0 aliphatic heterocycles. The molecule has 13 heavy (non-hydrogen) atoms. The van der Waals surface area contributed by atoms with Gasteiger partial charge in [0, 0.05) is 10.6 Å². The van der Waals surface area contributed by atoms with Gasteiger partial charge in [-0.1, -0.05) is 29.8 Å². The first-order valence-corrected chi connectivity index (χ1v) is 5.06. The maximum atomic E-state index is 6.09. The highest BCUT2D eigenvalue weighted by molar-refractivity contribution is 6.31. The van der Waals surface area contributed by atoms with E-state index in [1.54, 1.807) is 0 Å². The van der Waals surface area contributed by atoms with Gasteiger partial charge in [-0.05, 0) is 37.9 Å². The smallest absolute Gasteiger partial charge is 0.0438 e. The number of hydrogen-bond acceptors (Lipinski definition) is 1. The summed E-state index contributed by atoms with van der Waals surface area (Å²) in [7, 11) is 2.03. The van der Waals surface area contributed by atoms with Crippen LogP contribution in [0.15, 0.2) is 24.3 Å². The summed E-state index contributed by atoms with van der Waals surface area (Å²) in [6, 6.07) is 8.10. The van der Waals surface area contributed by atoms with Crippen LogP contribution in [0.25, 0.3) is 0 Å². The number of benzene rings is 1. The second-order valence-electron chi connectivity index (χ2n) is 3.80. The monoisotopic (exact) mass is 195 g/mol. The summed E-state index contributed by atoms with van der Waals surface area (Å²) in [6.45, 7) is 0. The topological polar surface area (TPSA) is 12.0 Å². The second kappa shape index (κ2) is 3.32. The minimum absolute atomic E-state index is 0.352. The Morgan fingerprint density at radius 1 is 1.38 bits per heavy atom. The molecule has 0 heterocycles. The van der Waals surface area contributed by atoms with Gasteiger partial charge in [-0.2, -0.15) is 0 Å². The van der Waals surface area contributed by atoms with Crippen LogP contribution in [-0.2, 0) is 6.42 Å². The molecule has 0 bridgehead atoms. The molecular weight excluding hydrogens is 182 g/mol. The van der Waals surface area contributed by atoms with Crippen LogP contribution < -0.4 is 5.32 Å². The van der Waals surface area contributed by atoms with Crippen molar-refractivity contribution < 1.29 is 0 Å². The fourth-order valence-corrected chi connectivity index (χ4v) is 1.87. The minimum Gasteiger partial charge on any atom is -0.314 e. The van der Waals surface area contributed by atoms with Gasteiger partial charge in [0.05, 0.1) is 0 Å². The maximum Gasteiger partial charge on any atom is 0.0438 e. The summed E-state index contributed by atoms with van der Waals surface area (Å²) in [5.74, 6) is 0. The summed E-state index contributed by atoms with van der Waals surface area (Å²) in [6.07, 6.45) is 3.60. The lowest BCUT2D eigenvalue weighted by Gasteiger charge is -2.14. The van der Waals surface area contributed by atoms with Crippen molar-refractivity contribution in [2.45, 2.75) is 24.8 Å². The zero-order chi connectivity index (χ0) is 9.31. The standard InChI is InChI=1S/C11H14ClN/c1-13-11(6-7-11)8-9-4-2-3-5-10(9)12/h2-5,13H,6-8H2,1H3. The zero-order valence-corrected chi connectivity index (χ0v) is 8.56. The van der Waals surface area contributed by atoms with E-state index in [2.05, 4.69) is 11.4 Å². The first-order chi connectivity index (χ1) is 6.26. The molecule has 1 aromatic rings. The minimum atomic E-state index is 0.352. The predicted molar refractivity (Wildman–Crippen MR) is 56.2 cm³/mol. The van der Waals surface area contributed by atoms with Crippen LogP contribution in [0.5, 0.6) is 0 Å².